The summed E-state index contributed by atoms with van der Waals surface area (Å²) in [6.07, 6.45) is 6.12. The summed E-state index contributed by atoms with van der Waals surface area (Å²) in [6.45, 7) is 6.17. The van der Waals surface area contributed by atoms with Crippen LogP contribution in [0.1, 0.15) is 64.4 Å². The Morgan fingerprint density at radius 2 is 1.79 bits per heavy atom. The van der Waals surface area contributed by atoms with Gasteiger partial charge >= 0.3 is 12.1 Å². The number of benzene rings is 1. The number of esters is 1. The number of methoxy groups -OCH3 is 1. The Kier molecular flexibility index (Phi) is 10.4. The molecule has 3 rings (SSSR count). The SMILES string of the molecule is CNS(=O)(=O)[C@H]1C=C[C@](COC2CCC(c3ccccc3OCCNC(=O)OC(C)(C)C)CC2)(C(=O)OC)C1. The maximum Gasteiger partial charge on any atom is 0.407 e. The van der Waals surface area contributed by atoms with Crippen molar-refractivity contribution in [3.05, 3.63) is 42.0 Å². The number of ether oxygens (including phenoxy) is 4. The zero-order chi connectivity index (χ0) is 28.7. The van der Waals surface area contributed by atoms with Crippen LogP contribution in [0.15, 0.2) is 36.4 Å². The second kappa shape index (κ2) is 13.1. The first-order valence-corrected chi connectivity index (χ1v) is 14.9. The molecule has 1 aromatic carbocycles. The number of carbonyl (C=O) groups is 2. The molecule has 2 atom stereocenters. The maximum absolute atomic E-state index is 12.6. The van der Waals surface area contributed by atoms with Gasteiger partial charge in [0.15, 0.2) is 0 Å². The number of amides is 1. The minimum atomic E-state index is -3.56. The standard InChI is InChI=1S/C28H42N2O8S/c1-27(2,3)38-26(32)30-16-17-36-24-9-7-6-8-23(24)20-10-12-21(13-11-20)37-19-28(25(31)35-5)15-14-22(18-28)39(33,34)29-4/h6-9,14-15,20-22,29H,10-13,16-19H2,1-5H3,(H,30,32)/t20?,21?,22-,28-/m0/s1. The van der Waals surface area contributed by atoms with E-state index in [0.717, 1.165) is 37.0 Å². The van der Waals surface area contributed by atoms with Crippen LogP contribution in [0.5, 0.6) is 5.75 Å². The van der Waals surface area contributed by atoms with Gasteiger partial charge in [-0.15, -0.1) is 0 Å². The molecule has 0 aliphatic heterocycles. The molecule has 1 saturated carbocycles. The fourth-order valence-corrected chi connectivity index (χ4v) is 6.16. The van der Waals surface area contributed by atoms with Crippen molar-refractivity contribution in [3.63, 3.8) is 0 Å². The van der Waals surface area contributed by atoms with Crippen LogP contribution in [0.2, 0.25) is 0 Å². The van der Waals surface area contributed by atoms with Crippen LogP contribution >= 0.6 is 0 Å². The highest BCUT2D eigenvalue weighted by Gasteiger charge is 2.47. The molecule has 0 aromatic heterocycles. The number of hydrogen-bond donors (Lipinski definition) is 2. The minimum absolute atomic E-state index is 0.0396. The van der Waals surface area contributed by atoms with Gasteiger partial charge in [0.1, 0.15) is 23.4 Å². The molecule has 2 N–H and O–H groups in total. The lowest BCUT2D eigenvalue weighted by atomic mass is 9.82. The van der Waals surface area contributed by atoms with E-state index in [0.29, 0.717) is 19.1 Å². The summed E-state index contributed by atoms with van der Waals surface area (Å²) in [7, 11) is -0.892. The largest absolute Gasteiger partial charge is 0.491 e. The molecule has 2 aliphatic carbocycles. The van der Waals surface area contributed by atoms with Crippen LogP contribution in [-0.2, 0) is 29.0 Å². The van der Waals surface area contributed by atoms with E-state index in [-0.39, 0.29) is 19.1 Å². The topological polar surface area (TPSA) is 129 Å². The number of alkyl carbamates (subject to hydrolysis) is 1. The molecule has 218 valence electrons. The predicted molar refractivity (Wildman–Crippen MR) is 147 cm³/mol. The molecule has 2 aliphatic rings. The normalized spacial score (nSPS) is 25.2. The van der Waals surface area contributed by atoms with Crippen LogP contribution in [-0.4, -0.2) is 71.4 Å². The quantitative estimate of drug-likeness (QED) is 0.236. The Bertz CT molecular complexity index is 1120. The number of rotatable bonds is 11. The van der Waals surface area contributed by atoms with Gasteiger partial charge in [0, 0.05) is 0 Å². The van der Waals surface area contributed by atoms with Crippen molar-refractivity contribution in [2.75, 3.05) is 33.9 Å². The zero-order valence-corrected chi connectivity index (χ0v) is 24.3. The summed E-state index contributed by atoms with van der Waals surface area (Å²) in [5.41, 5.74) is -0.546. The lowest BCUT2D eigenvalue weighted by molar-refractivity contribution is -0.154. The van der Waals surface area contributed by atoms with Gasteiger partial charge in [0.25, 0.3) is 0 Å². The van der Waals surface area contributed by atoms with Crippen LogP contribution in [0.4, 0.5) is 4.79 Å². The predicted octanol–water partition coefficient (Wildman–Crippen LogP) is 3.67. The summed E-state index contributed by atoms with van der Waals surface area (Å²) in [4.78, 5) is 24.5. The Morgan fingerprint density at radius 3 is 2.44 bits per heavy atom. The summed E-state index contributed by atoms with van der Waals surface area (Å²) in [6, 6.07) is 7.93. The third-order valence-electron chi connectivity index (χ3n) is 7.11. The third kappa shape index (κ3) is 8.43. The fourth-order valence-electron chi connectivity index (χ4n) is 5.06. The van der Waals surface area contributed by atoms with Crippen molar-refractivity contribution < 1.29 is 37.0 Å². The highest BCUT2D eigenvalue weighted by molar-refractivity contribution is 7.90. The van der Waals surface area contributed by atoms with Gasteiger partial charge in [-0.05, 0) is 77.5 Å². The maximum atomic E-state index is 12.6. The van der Waals surface area contributed by atoms with Crippen LogP contribution in [0.3, 0.4) is 0 Å². The Hall–Kier alpha value is -2.63. The van der Waals surface area contributed by atoms with Crippen molar-refractivity contribution in [2.45, 2.75) is 75.7 Å². The van der Waals surface area contributed by atoms with Crippen molar-refractivity contribution in [1.82, 2.24) is 10.0 Å². The fraction of sp³-hybridized carbons (Fsp3) is 0.643. The van der Waals surface area contributed by atoms with E-state index in [9.17, 15) is 18.0 Å². The number of para-hydroxylation sites is 1. The molecular weight excluding hydrogens is 524 g/mol. The molecule has 0 radical (unpaired) electrons. The molecular formula is C28H42N2O8S. The summed E-state index contributed by atoms with van der Waals surface area (Å²) in [5, 5.41) is 1.89. The highest BCUT2D eigenvalue weighted by atomic mass is 32.2. The summed E-state index contributed by atoms with van der Waals surface area (Å²) >= 11 is 0. The van der Waals surface area contributed by atoms with Gasteiger partial charge in [-0.25, -0.2) is 17.9 Å². The number of sulfonamides is 1. The van der Waals surface area contributed by atoms with Gasteiger partial charge < -0.3 is 24.3 Å². The number of nitrogens with one attached hydrogen (secondary N) is 2. The molecule has 0 unspecified atom stereocenters. The van der Waals surface area contributed by atoms with E-state index in [2.05, 4.69) is 16.1 Å². The minimum Gasteiger partial charge on any atom is -0.491 e. The van der Waals surface area contributed by atoms with Gasteiger partial charge in [-0.2, -0.15) is 0 Å². The van der Waals surface area contributed by atoms with Crippen molar-refractivity contribution >= 4 is 22.1 Å². The van der Waals surface area contributed by atoms with E-state index < -0.39 is 38.4 Å². The summed E-state index contributed by atoms with van der Waals surface area (Å²) in [5.74, 6) is 0.602. The second-order valence-electron chi connectivity index (χ2n) is 11.1. The second-order valence-corrected chi connectivity index (χ2v) is 13.2. The third-order valence-corrected chi connectivity index (χ3v) is 8.80. The molecule has 1 aromatic rings. The molecule has 0 spiro atoms. The number of hydrogen-bond acceptors (Lipinski definition) is 8. The van der Waals surface area contributed by atoms with Crippen LogP contribution in [0.25, 0.3) is 0 Å². The van der Waals surface area contributed by atoms with E-state index in [4.69, 9.17) is 18.9 Å². The average molecular weight is 567 g/mol. The number of carbonyl (C=O) groups excluding carboxylic acids is 2. The first-order chi connectivity index (χ1) is 18.4. The van der Waals surface area contributed by atoms with Crippen molar-refractivity contribution in [3.8, 4) is 5.75 Å². The molecule has 11 heteroatoms. The Balaban J connectivity index is 1.51. The van der Waals surface area contributed by atoms with E-state index in [1.807, 2.05) is 39.0 Å². The van der Waals surface area contributed by atoms with Gasteiger partial charge in [-0.1, -0.05) is 30.4 Å². The molecule has 1 amide bonds. The van der Waals surface area contributed by atoms with Crippen LogP contribution < -0.4 is 14.8 Å². The van der Waals surface area contributed by atoms with Crippen molar-refractivity contribution in [2.24, 2.45) is 5.41 Å². The lowest BCUT2D eigenvalue weighted by Gasteiger charge is -2.32. The van der Waals surface area contributed by atoms with E-state index >= 15 is 0 Å². The monoisotopic (exact) mass is 566 g/mol. The average Bonchev–Trinajstić information content (AvgIpc) is 3.36. The first kappa shape index (κ1) is 30.9. The molecule has 1 fully saturated rings. The van der Waals surface area contributed by atoms with Gasteiger partial charge in [0.05, 0.1) is 31.6 Å². The van der Waals surface area contributed by atoms with E-state index in [1.54, 1.807) is 12.2 Å². The molecule has 39 heavy (non-hydrogen) atoms. The summed E-state index contributed by atoms with van der Waals surface area (Å²) < 4.78 is 49.3. The Morgan fingerprint density at radius 1 is 1.10 bits per heavy atom. The molecule has 0 saturated heterocycles. The highest BCUT2D eigenvalue weighted by Crippen LogP contribution is 2.41. The first-order valence-electron chi connectivity index (χ1n) is 13.4. The van der Waals surface area contributed by atoms with Crippen LogP contribution in [0, 0.1) is 5.41 Å². The Labute approximate surface area is 231 Å². The molecule has 0 bridgehead atoms. The lowest BCUT2D eigenvalue weighted by Crippen LogP contribution is -2.39. The zero-order valence-electron chi connectivity index (χ0n) is 23.5. The van der Waals surface area contributed by atoms with E-state index in [1.165, 1.54) is 14.2 Å². The van der Waals surface area contributed by atoms with Gasteiger partial charge in [0.2, 0.25) is 10.0 Å². The molecule has 0 heterocycles. The smallest absolute Gasteiger partial charge is 0.407 e. The molecule has 10 nitrogen and oxygen atoms in total. The van der Waals surface area contributed by atoms with Gasteiger partial charge in [-0.3, -0.25) is 4.79 Å². The van der Waals surface area contributed by atoms with Crippen molar-refractivity contribution in [1.29, 1.82) is 0 Å².